The van der Waals surface area contributed by atoms with Crippen LogP contribution in [0.5, 0.6) is 0 Å². The predicted molar refractivity (Wildman–Crippen MR) is 46.9 cm³/mol. The molecule has 1 rings (SSSR count). The number of ether oxygens (including phenoxy) is 1. The third kappa shape index (κ3) is 2.05. The van der Waals surface area contributed by atoms with E-state index in [-0.39, 0.29) is 6.04 Å². The summed E-state index contributed by atoms with van der Waals surface area (Å²) in [6.45, 7) is 5.49. The summed E-state index contributed by atoms with van der Waals surface area (Å²) in [6, 6.07) is -0.242. The van der Waals surface area contributed by atoms with Gasteiger partial charge >= 0.3 is 0 Å². The molecule has 1 aromatic rings. The number of hydrogen-bond donors (Lipinski definition) is 1. The van der Waals surface area contributed by atoms with E-state index in [1.807, 2.05) is 13.8 Å². The highest BCUT2D eigenvalue weighted by atomic mass is 16.5. The molecule has 2 N–H and O–H groups in total. The van der Waals surface area contributed by atoms with E-state index in [1.54, 1.807) is 14.0 Å². The Balaban J connectivity index is 2.91. The number of aromatic nitrogens is 2. The van der Waals surface area contributed by atoms with Crippen molar-refractivity contribution in [2.45, 2.75) is 32.4 Å². The summed E-state index contributed by atoms with van der Waals surface area (Å²) in [5, 5.41) is 7.67. The number of methoxy groups -OCH3 is 1. The van der Waals surface area contributed by atoms with Gasteiger partial charge in [-0.1, -0.05) is 0 Å². The maximum absolute atomic E-state index is 5.57. The Morgan fingerprint density at radius 3 is 2.46 bits per heavy atom. The normalized spacial score (nSPS) is 14.5. The first-order chi connectivity index (χ1) is 5.97. The van der Waals surface area contributed by atoms with Gasteiger partial charge in [0.2, 0.25) is 11.8 Å². The van der Waals surface area contributed by atoms with Gasteiger partial charge in [0.05, 0.1) is 6.04 Å². The van der Waals surface area contributed by atoms with Crippen LogP contribution in [-0.2, 0) is 10.3 Å². The average molecular weight is 185 g/mol. The third-order valence-electron chi connectivity index (χ3n) is 1.86. The number of rotatable bonds is 3. The lowest BCUT2D eigenvalue weighted by molar-refractivity contribution is -0.00471. The maximum atomic E-state index is 5.57. The van der Waals surface area contributed by atoms with Gasteiger partial charge < -0.3 is 14.9 Å². The Morgan fingerprint density at radius 2 is 2.08 bits per heavy atom. The molecule has 0 aliphatic carbocycles. The molecule has 0 aliphatic heterocycles. The van der Waals surface area contributed by atoms with Crippen LogP contribution in [0.3, 0.4) is 0 Å². The molecule has 0 amide bonds. The molecule has 1 unspecified atom stereocenters. The Kier molecular flexibility index (Phi) is 2.68. The minimum atomic E-state index is -0.555. The van der Waals surface area contributed by atoms with Gasteiger partial charge in [0.1, 0.15) is 5.60 Å². The van der Waals surface area contributed by atoms with Crippen molar-refractivity contribution < 1.29 is 9.15 Å². The first-order valence-corrected chi connectivity index (χ1v) is 4.12. The second kappa shape index (κ2) is 3.43. The van der Waals surface area contributed by atoms with Gasteiger partial charge in [-0.3, -0.25) is 0 Å². The Labute approximate surface area is 77.3 Å². The minimum Gasteiger partial charge on any atom is -0.420 e. The van der Waals surface area contributed by atoms with Crippen LogP contribution >= 0.6 is 0 Å². The molecule has 0 saturated heterocycles. The summed E-state index contributed by atoms with van der Waals surface area (Å²) in [5.41, 5.74) is 5.02. The molecule has 5 heteroatoms. The number of hydrogen-bond acceptors (Lipinski definition) is 5. The van der Waals surface area contributed by atoms with Crippen LogP contribution in [-0.4, -0.2) is 17.3 Å². The number of nitrogens with zero attached hydrogens (tertiary/aromatic N) is 2. The first-order valence-electron chi connectivity index (χ1n) is 4.12. The Hall–Kier alpha value is -0.940. The van der Waals surface area contributed by atoms with E-state index in [4.69, 9.17) is 14.9 Å². The largest absolute Gasteiger partial charge is 0.420 e. The molecule has 13 heavy (non-hydrogen) atoms. The lowest BCUT2D eigenvalue weighted by atomic mass is 10.1. The van der Waals surface area contributed by atoms with E-state index in [2.05, 4.69) is 10.2 Å². The first kappa shape index (κ1) is 10.1. The summed E-state index contributed by atoms with van der Waals surface area (Å²) in [6.07, 6.45) is 0. The molecule has 0 fully saturated rings. The lowest BCUT2D eigenvalue weighted by Crippen LogP contribution is -2.19. The molecule has 74 valence electrons. The summed E-state index contributed by atoms with van der Waals surface area (Å²) >= 11 is 0. The molecular formula is C8H15N3O2. The molecule has 1 heterocycles. The van der Waals surface area contributed by atoms with E-state index in [0.29, 0.717) is 11.8 Å². The van der Waals surface area contributed by atoms with Crippen LogP contribution in [0.1, 0.15) is 38.6 Å². The fraction of sp³-hybridized carbons (Fsp3) is 0.750. The van der Waals surface area contributed by atoms with Crippen molar-refractivity contribution in [1.82, 2.24) is 10.2 Å². The molecular weight excluding hydrogens is 170 g/mol. The molecule has 5 nitrogen and oxygen atoms in total. The monoisotopic (exact) mass is 185 g/mol. The zero-order chi connectivity index (χ0) is 10.1. The summed E-state index contributed by atoms with van der Waals surface area (Å²) < 4.78 is 10.5. The standard InChI is InChI=1S/C8H15N3O2/c1-5(9)6-10-11-7(13-6)8(2,3)12-4/h5H,9H2,1-4H3. The SMILES string of the molecule is COC(C)(C)c1nnc(C(C)N)o1. The molecule has 0 saturated carbocycles. The van der Waals surface area contributed by atoms with Crippen molar-refractivity contribution in [3.8, 4) is 0 Å². The van der Waals surface area contributed by atoms with Crippen LogP contribution in [0.2, 0.25) is 0 Å². The van der Waals surface area contributed by atoms with Crippen LogP contribution in [0.25, 0.3) is 0 Å². The highest BCUT2D eigenvalue weighted by Crippen LogP contribution is 2.23. The zero-order valence-electron chi connectivity index (χ0n) is 8.37. The van der Waals surface area contributed by atoms with Crippen molar-refractivity contribution >= 4 is 0 Å². The maximum Gasteiger partial charge on any atom is 0.247 e. The fourth-order valence-electron chi connectivity index (χ4n) is 0.749. The smallest absolute Gasteiger partial charge is 0.247 e. The van der Waals surface area contributed by atoms with E-state index in [0.717, 1.165) is 0 Å². The van der Waals surface area contributed by atoms with Crippen molar-refractivity contribution in [2.24, 2.45) is 5.73 Å². The second-order valence-corrected chi connectivity index (χ2v) is 3.45. The molecule has 1 aromatic heterocycles. The summed E-state index contributed by atoms with van der Waals surface area (Å²) in [5.74, 6) is 0.877. The molecule has 0 radical (unpaired) electrons. The minimum absolute atomic E-state index is 0.242. The van der Waals surface area contributed by atoms with Gasteiger partial charge in [-0.25, -0.2) is 0 Å². The van der Waals surface area contributed by atoms with Crippen molar-refractivity contribution in [2.75, 3.05) is 7.11 Å². The van der Waals surface area contributed by atoms with Crippen molar-refractivity contribution in [3.63, 3.8) is 0 Å². The molecule has 1 atom stereocenters. The van der Waals surface area contributed by atoms with Gasteiger partial charge in [0, 0.05) is 7.11 Å². The van der Waals surface area contributed by atoms with E-state index < -0.39 is 5.60 Å². The van der Waals surface area contributed by atoms with Crippen molar-refractivity contribution in [1.29, 1.82) is 0 Å². The molecule has 0 aromatic carbocycles. The fourth-order valence-corrected chi connectivity index (χ4v) is 0.749. The topological polar surface area (TPSA) is 74.2 Å². The predicted octanol–water partition coefficient (Wildman–Crippen LogP) is 0.971. The van der Waals surface area contributed by atoms with Crippen LogP contribution < -0.4 is 5.73 Å². The van der Waals surface area contributed by atoms with E-state index >= 15 is 0 Å². The van der Waals surface area contributed by atoms with Gasteiger partial charge in [-0.2, -0.15) is 0 Å². The van der Waals surface area contributed by atoms with Gasteiger partial charge in [0.15, 0.2) is 0 Å². The highest BCUT2D eigenvalue weighted by Gasteiger charge is 2.27. The molecule has 0 aliphatic rings. The summed E-state index contributed by atoms with van der Waals surface area (Å²) in [7, 11) is 1.59. The van der Waals surface area contributed by atoms with Crippen LogP contribution in [0.15, 0.2) is 4.42 Å². The zero-order valence-corrected chi connectivity index (χ0v) is 8.37. The Morgan fingerprint density at radius 1 is 1.46 bits per heavy atom. The van der Waals surface area contributed by atoms with Crippen LogP contribution in [0.4, 0.5) is 0 Å². The average Bonchev–Trinajstić information content (AvgIpc) is 2.52. The molecule has 0 bridgehead atoms. The van der Waals surface area contributed by atoms with Crippen LogP contribution in [0, 0.1) is 0 Å². The number of nitrogens with two attached hydrogens (primary N) is 1. The molecule has 0 spiro atoms. The highest BCUT2D eigenvalue weighted by molar-refractivity contribution is 4.94. The third-order valence-corrected chi connectivity index (χ3v) is 1.86. The van der Waals surface area contributed by atoms with Gasteiger partial charge in [-0.15, -0.1) is 10.2 Å². The van der Waals surface area contributed by atoms with E-state index in [9.17, 15) is 0 Å². The quantitative estimate of drug-likeness (QED) is 0.759. The van der Waals surface area contributed by atoms with Crippen molar-refractivity contribution in [3.05, 3.63) is 11.8 Å². The Bertz CT molecular complexity index is 281. The lowest BCUT2D eigenvalue weighted by Gasteiger charge is -2.17. The van der Waals surface area contributed by atoms with Gasteiger partial charge in [0.25, 0.3) is 0 Å². The van der Waals surface area contributed by atoms with E-state index in [1.165, 1.54) is 0 Å². The summed E-state index contributed by atoms with van der Waals surface area (Å²) in [4.78, 5) is 0. The van der Waals surface area contributed by atoms with Gasteiger partial charge in [-0.05, 0) is 20.8 Å². The second-order valence-electron chi connectivity index (χ2n) is 3.45.